The summed E-state index contributed by atoms with van der Waals surface area (Å²) in [4.78, 5) is 12.9. The fourth-order valence-electron chi connectivity index (χ4n) is 2.82. The number of fused-ring (bicyclic) bond motifs is 1. The number of ether oxygens (including phenoxy) is 2. The third-order valence-electron chi connectivity index (χ3n) is 3.78. The maximum absolute atomic E-state index is 5.98. The van der Waals surface area contributed by atoms with Crippen LogP contribution in [-0.4, -0.2) is 34.7 Å². The average molecular weight is 282 g/mol. The lowest BCUT2D eigenvalue weighted by atomic mass is 9.89. The van der Waals surface area contributed by atoms with Crippen molar-refractivity contribution in [1.29, 1.82) is 0 Å². The number of para-hydroxylation sites is 1. The summed E-state index contributed by atoms with van der Waals surface area (Å²) in [6.07, 6.45) is 5.81. The Morgan fingerprint density at radius 2 is 2.05 bits per heavy atom. The van der Waals surface area contributed by atoms with Gasteiger partial charge >= 0.3 is 0 Å². The molecule has 1 aromatic heterocycles. The van der Waals surface area contributed by atoms with Crippen LogP contribution in [0.2, 0.25) is 0 Å². The van der Waals surface area contributed by atoms with E-state index in [1.54, 1.807) is 18.6 Å². The Morgan fingerprint density at radius 1 is 1.14 bits per heavy atom. The third kappa shape index (κ3) is 1.99. The molecule has 1 unspecified atom stereocenters. The number of hydrogen-bond donors (Lipinski definition) is 1. The van der Waals surface area contributed by atoms with E-state index >= 15 is 0 Å². The maximum Gasteiger partial charge on any atom is 0.282 e. The lowest BCUT2D eigenvalue weighted by Crippen LogP contribution is -2.41. The highest BCUT2D eigenvalue weighted by Gasteiger charge is 2.41. The van der Waals surface area contributed by atoms with Crippen LogP contribution in [0.15, 0.2) is 41.8 Å². The van der Waals surface area contributed by atoms with E-state index in [1.807, 2.05) is 18.2 Å². The molecular weight excluding hydrogens is 268 g/mol. The molecule has 4 rings (SSSR count). The minimum Gasteiger partial charge on any atom is -0.490 e. The van der Waals surface area contributed by atoms with Crippen molar-refractivity contribution in [2.45, 2.75) is 12.0 Å². The fraction of sp³-hybridized carbons (Fsp3) is 0.267. The average Bonchev–Trinajstić information content (AvgIpc) is 2.88. The first kappa shape index (κ1) is 12.1. The molecule has 6 nitrogen and oxygen atoms in total. The summed E-state index contributed by atoms with van der Waals surface area (Å²) in [5.74, 6) is 0.851. The SMILES string of the molecule is NC1=NC2(CO1)COc1c(cccc1-c1cnccn1)C2. The van der Waals surface area contributed by atoms with Crippen LogP contribution < -0.4 is 10.5 Å². The summed E-state index contributed by atoms with van der Waals surface area (Å²) in [5.41, 5.74) is 8.09. The van der Waals surface area contributed by atoms with Crippen LogP contribution in [0.5, 0.6) is 5.75 Å². The number of amidine groups is 1. The molecule has 0 bridgehead atoms. The third-order valence-corrected chi connectivity index (χ3v) is 3.78. The zero-order valence-electron chi connectivity index (χ0n) is 11.3. The molecular formula is C15H14N4O2. The van der Waals surface area contributed by atoms with Crippen molar-refractivity contribution in [2.24, 2.45) is 10.7 Å². The Hall–Kier alpha value is -2.63. The van der Waals surface area contributed by atoms with Crippen molar-refractivity contribution >= 4 is 6.02 Å². The highest BCUT2D eigenvalue weighted by Crippen LogP contribution is 2.39. The van der Waals surface area contributed by atoms with E-state index in [1.165, 1.54) is 0 Å². The summed E-state index contributed by atoms with van der Waals surface area (Å²) in [7, 11) is 0. The molecule has 1 spiro atoms. The molecule has 6 heteroatoms. The quantitative estimate of drug-likeness (QED) is 0.848. The molecule has 2 N–H and O–H groups in total. The summed E-state index contributed by atoms with van der Waals surface area (Å²) < 4.78 is 11.3. The van der Waals surface area contributed by atoms with Gasteiger partial charge in [0.15, 0.2) is 0 Å². The van der Waals surface area contributed by atoms with Gasteiger partial charge < -0.3 is 15.2 Å². The maximum atomic E-state index is 5.98. The van der Waals surface area contributed by atoms with Crippen molar-refractivity contribution in [1.82, 2.24) is 9.97 Å². The minimum atomic E-state index is -0.391. The topological polar surface area (TPSA) is 82.6 Å². The standard InChI is InChI=1S/C15H14N4O2/c16-14-19-15(9-21-14)6-10-2-1-3-11(13(10)20-8-15)12-7-17-4-5-18-12/h1-5,7H,6,8-9H2,(H2,16,19). The van der Waals surface area contributed by atoms with Gasteiger partial charge in [-0.25, -0.2) is 4.99 Å². The van der Waals surface area contributed by atoms with Gasteiger partial charge in [0.1, 0.15) is 24.5 Å². The molecule has 0 aliphatic carbocycles. The molecule has 0 amide bonds. The van der Waals surface area contributed by atoms with E-state index in [0.717, 1.165) is 29.0 Å². The van der Waals surface area contributed by atoms with Gasteiger partial charge in [0, 0.05) is 24.4 Å². The Labute approximate surface area is 121 Å². The first-order valence-corrected chi connectivity index (χ1v) is 6.75. The van der Waals surface area contributed by atoms with Crippen molar-refractivity contribution in [3.8, 4) is 17.0 Å². The second-order valence-corrected chi connectivity index (χ2v) is 5.31. The van der Waals surface area contributed by atoms with E-state index in [9.17, 15) is 0 Å². The predicted molar refractivity (Wildman–Crippen MR) is 77.0 cm³/mol. The second-order valence-electron chi connectivity index (χ2n) is 5.31. The molecule has 3 heterocycles. The zero-order valence-corrected chi connectivity index (χ0v) is 11.3. The van der Waals surface area contributed by atoms with Gasteiger partial charge in [0.2, 0.25) is 0 Å². The largest absolute Gasteiger partial charge is 0.490 e. The number of rotatable bonds is 1. The molecule has 1 aromatic carbocycles. The van der Waals surface area contributed by atoms with Gasteiger partial charge in [-0.05, 0) is 11.6 Å². The Balaban J connectivity index is 1.75. The predicted octanol–water partition coefficient (Wildman–Crippen LogP) is 1.16. The number of nitrogens with zero attached hydrogens (tertiary/aromatic N) is 3. The molecule has 0 radical (unpaired) electrons. The van der Waals surface area contributed by atoms with Gasteiger partial charge in [-0.15, -0.1) is 0 Å². The van der Waals surface area contributed by atoms with Crippen molar-refractivity contribution in [2.75, 3.05) is 13.2 Å². The minimum absolute atomic E-state index is 0.243. The number of hydrogen-bond acceptors (Lipinski definition) is 6. The van der Waals surface area contributed by atoms with Crippen molar-refractivity contribution < 1.29 is 9.47 Å². The molecule has 1 atom stereocenters. The monoisotopic (exact) mass is 282 g/mol. The summed E-state index contributed by atoms with van der Waals surface area (Å²) >= 11 is 0. The van der Waals surface area contributed by atoms with Crippen LogP contribution in [0, 0.1) is 0 Å². The second kappa shape index (κ2) is 4.44. The summed E-state index contributed by atoms with van der Waals surface area (Å²) in [5, 5.41) is 0. The molecule has 0 saturated heterocycles. The number of aliphatic imine (C=N–C) groups is 1. The fourth-order valence-corrected chi connectivity index (χ4v) is 2.82. The number of nitrogens with two attached hydrogens (primary N) is 1. The number of aromatic nitrogens is 2. The highest BCUT2D eigenvalue weighted by atomic mass is 16.5. The Morgan fingerprint density at radius 3 is 2.81 bits per heavy atom. The van der Waals surface area contributed by atoms with Gasteiger partial charge in [0.05, 0.1) is 11.9 Å². The summed E-state index contributed by atoms with van der Waals surface area (Å²) in [6.45, 7) is 0.922. The van der Waals surface area contributed by atoms with Crippen molar-refractivity contribution in [3.05, 3.63) is 42.4 Å². The van der Waals surface area contributed by atoms with Crippen LogP contribution in [0.25, 0.3) is 11.3 Å². The van der Waals surface area contributed by atoms with E-state index in [4.69, 9.17) is 15.2 Å². The van der Waals surface area contributed by atoms with Gasteiger partial charge in [-0.3, -0.25) is 9.97 Å². The normalized spacial score (nSPS) is 23.1. The van der Waals surface area contributed by atoms with E-state index in [2.05, 4.69) is 15.0 Å². The first-order valence-electron chi connectivity index (χ1n) is 6.75. The molecule has 0 saturated carbocycles. The van der Waals surface area contributed by atoms with E-state index < -0.39 is 5.54 Å². The lowest BCUT2D eigenvalue weighted by Gasteiger charge is -2.31. The smallest absolute Gasteiger partial charge is 0.282 e. The Kier molecular flexibility index (Phi) is 2.57. The first-order chi connectivity index (χ1) is 10.3. The van der Waals surface area contributed by atoms with Gasteiger partial charge in [-0.2, -0.15) is 0 Å². The van der Waals surface area contributed by atoms with Crippen LogP contribution in [-0.2, 0) is 11.2 Å². The van der Waals surface area contributed by atoms with Crippen LogP contribution >= 0.6 is 0 Å². The van der Waals surface area contributed by atoms with Gasteiger partial charge in [-0.1, -0.05) is 12.1 Å². The van der Waals surface area contributed by atoms with Gasteiger partial charge in [0.25, 0.3) is 6.02 Å². The van der Waals surface area contributed by atoms with E-state index in [-0.39, 0.29) is 6.02 Å². The molecule has 2 aliphatic rings. The zero-order chi connectivity index (χ0) is 14.3. The molecule has 2 aliphatic heterocycles. The number of benzene rings is 1. The van der Waals surface area contributed by atoms with Crippen molar-refractivity contribution in [3.63, 3.8) is 0 Å². The Bertz CT molecular complexity index is 717. The summed E-state index contributed by atoms with van der Waals surface area (Å²) in [6, 6.07) is 6.27. The van der Waals surface area contributed by atoms with Crippen LogP contribution in [0.4, 0.5) is 0 Å². The molecule has 106 valence electrons. The van der Waals surface area contributed by atoms with Crippen LogP contribution in [0.3, 0.4) is 0 Å². The molecule has 2 aromatic rings. The lowest BCUT2D eigenvalue weighted by molar-refractivity contribution is 0.153. The molecule has 21 heavy (non-hydrogen) atoms. The molecule has 0 fully saturated rings. The highest BCUT2D eigenvalue weighted by molar-refractivity contribution is 5.74. The van der Waals surface area contributed by atoms with Crippen LogP contribution in [0.1, 0.15) is 5.56 Å². The van der Waals surface area contributed by atoms with E-state index in [0.29, 0.717) is 13.2 Å².